The molecule has 2 heteroatoms. The molecular formula is C9H10N2. The minimum Gasteiger partial charge on any atom is -0.271 e. The fourth-order valence-electron chi connectivity index (χ4n) is 0.774. The van der Waals surface area contributed by atoms with Crippen LogP contribution in [0.2, 0.25) is 0 Å². The van der Waals surface area contributed by atoms with E-state index in [4.69, 9.17) is 0 Å². The maximum absolute atomic E-state index is 4.14. The number of hydrogen-bond donors (Lipinski definition) is 0. The van der Waals surface area contributed by atoms with Gasteiger partial charge < -0.3 is 0 Å². The lowest BCUT2D eigenvalue weighted by Crippen LogP contribution is -1.92. The normalized spacial score (nSPS) is 19.8. The van der Waals surface area contributed by atoms with Gasteiger partial charge in [-0.2, -0.15) is 0 Å². The van der Waals surface area contributed by atoms with Gasteiger partial charge in [-0.05, 0) is 12.8 Å². The van der Waals surface area contributed by atoms with Crippen LogP contribution in [0.4, 0.5) is 0 Å². The average molecular weight is 146 g/mol. The Kier molecular flexibility index (Phi) is 3.06. The zero-order valence-corrected chi connectivity index (χ0v) is 6.27. The Morgan fingerprint density at radius 1 is 1.36 bits per heavy atom. The van der Waals surface area contributed by atoms with Crippen LogP contribution < -0.4 is 0 Å². The fraction of sp³-hybridized carbons (Fsp3) is 0.111. The second-order valence-corrected chi connectivity index (χ2v) is 2.09. The Bertz CT molecular complexity index is 244. The highest BCUT2D eigenvalue weighted by Gasteiger charge is 1.91. The molecule has 0 N–H and O–H groups in total. The van der Waals surface area contributed by atoms with Crippen LogP contribution in [-0.4, -0.2) is 12.4 Å². The predicted molar refractivity (Wildman–Crippen MR) is 49.0 cm³/mol. The van der Waals surface area contributed by atoms with Gasteiger partial charge in [0.15, 0.2) is 0 Å². The Balaban J connectivity index is 2.53. The molecule has 0 spiro atoms. The zero-order chi connectivity index (χ0) is 7.94. The summed E-state index contributed by atoms with van der Waals surface area (Å²) >= 11 is 0. The topological polar surface area (TPSA) is 24.7 Å². The number of hydrogen-bond acceptors (Lipinski definition) is 2. The van der Waals surface area contributed by atoms with Gasteiger partial charge in [-0.25, -0.2) is 0 Å². The van der Waals surface area contributed by atoms with E-state index >= 15 is 0 Å². The van der Waals surface area contributed by atoms with Crippen molar-refractivity contribution >= 4 is 12.4 Å². The molecule has 0 bridgehead atoms. The quantitative estimate of drug-likeness (QED) is 0.533. The number of rotatable bonds is 2. The second kappa shape index (κ2) is 4.39. The van der Waals surface area contributed by atoms with Crippen molar-refractivity contribution in [2.45, 2.75) is 6.42 Å². The van der Waals surface area contributed by atoms with Crippen LogP contribution in [-0.2, 0) is 0 Å². The Hall–Kier alpha value is -1.44. The van der Waals surface area contributed by atoms with Gasteiger partial charge >= 0.3 is 0 Å². The molecule has 0 radical (unpaired) electrons. The molecule has 56 valence electrons. The van der Waals surface area contributed by atoms with Crippen molar-refractivity contribution in [2.24, 2.45) is 9.98 Å². The molecule has 0 heterocycles. The molecule has 0 fully saturated rings. The lowest BCUT2D eigenvalue weighted by atomic mass is 10.2. The van der Waals surface area contributed by atoms with Crippen LogP contribution in [0.3, 0.4) is 0 Å². The first-order chi connectivity index (χ1) is 5.43. The summed E-state index contributed by atoms with van der Waals surface area (Å²) in [5, 5.41) is 0. The van der Waals surface area contributed by atoms with Crippen LogP contribution in [0.15, 0.2) is 46.7 Å². The summed E-state index contributed by atoms with van der Waals surface area (Å²) in [6.07, 6.45) is 12.1. The standard InChI is InChI=1S/C9H10N2/c1-10-7-8-11-9-5-3-2-4-6-9/h2-5,7-8H,1,6H2/b8-7-,11-9?. The predicted octanol–water partition coefficient (Wildman–Crippen LogP) is 2.12. The Labute approximate surface area is 66.4 Å². The van der Waals surface area contributed by atoms with Crippen LogP contribution in [0, 0.1) is 0 Å². The molecule has 11 heavy (non-hydrogen) atoms. The minimum absolute atomic E-state index is 0.901. The second-order valence-electron chi connectivity index (χ2n) is 2.09. The minimum atomic E-state index is 0.901. The molecule has 2 nitrogen and oxygen atoms in total. The summed E-state index contributed by atoms with van der Waals surface area (Å²) in [6, 6.07) is 0. The molecule has 1 aliphatic carbocycles. The monoisotopic (exact) mass is 146 g/mol. The first-order valence-corrected chi connectivity index (χ1v) is 3.44. The largest absolute Gasteiger partial charge is 0.271 e. The first-order valence-electron chi connectivity index (χ1n) is 3.44. The highest BCUT2D eigenvalue weighted by molar-refractivity contribution is 5.97. The highest BCUT2D eigenvalue weighted by Crippen LogP contribution is 1.99. The Morgan fingerprint density at radius 3 is 2.91 bits per heavy atom. The van der Waals surface area contributed by atoms with Crippen LogP contribution in [0.25, 0.3) is 0 Å². The first kappa shape index (κ1) is 7.66. The summed E-state index contributed by atoms with van der Waals surface area (Å²) in [4.78, 5) is 7.68. The van der Waals surface area contributed by atoms with Gasteiger partial charge in [0, 0.05) is 24.5 Å². The molecule has 1 rings (SSSR count). The van der Waals surface area contributed by atoms with Gasteiger partial charge in [-0.3, -0.25) is 9.98 Å². The third-order valence-electron chi connectivity index (χ3n) is 1.28. The number of nitrogens with zero attached hydrogens (tertiary/aromatic N) is 2. The molecule has 0 unspecified atom stereocenters. The summed E-state index contributed by atoms with van der Waals surface area (Å²) in [5.74, 6) is 0. The zero-order valence-electron chi connectivity index (χ0n) is 6.27. The molecule has 0 aromatic heterocycles. The highest BCUT2D eigenvalue weighted by atomic mass is 14.7. The van der Waals surface area contributed by atoms with Crippen molar-refractivity contribution in [1.82, 2.24) is 0 Å². The third-order valence-corrected chi connectivity index (χ3v) is 1.28. The lowest BCUT2D eigenvalue weighted by Gasteiger charge is -1.96. The smallest absolute Gasteiger partial charge is 0.0454 e. The van der Waals surface area contributed by atoms with Crippen molar-refractivity contribution in [3.8, 4) is 0 Å². The van der Waals surface area contributed by atoms with Gasteiger partial charge in [0.1, 0.15) is 0 Å². The summed E-state index contributed by atoms with van der Waals surface area (Å²) < 4.78 is 0. The van der Waals surface area contributed by atoms with Gasteiger partial charge in [0.05, 0.1) is 0 Å². The van der Waals surface area contributed by atoms with E-state index in [1.165, 1.54) is 0 Å². The van der Waals surface area contributed by atoms with E-state index in [-0.39, 0.29) is 0 Å². The molecule has 0 aliphatic heterocycles. The summed E-state index contributed by atoms with van der Waals surface area (Å²) in [5.41, 5.74) is 1.05. The van der Waals surface area contributed by atoms with E-state index in [9.17, 15) is 0 Å². The van der Waals surface area contributed by atoms with Gasteiger partial charge in [0.25, 0.3) is 0 Å². The van der Waals surface area contributed by atoms with Crippen molar-refractivity contribution in [2.75, 3.05) is 0 Å². The van der Waals surface area contributed by atoms with Crippen LogP contribution in [0.1, 0.15) is 6.42 Å². The molecule has 0 saturated carbocycles. The van der Waals surface area contributed by atoms with Crippen molar-refractivity contribution in [3.63, 3.8) is 0 Å². The molecule has 0 saturated heterocycles. The average Bonchev–Trinajstić information content (AvgIpc) is 2.07. The van der Waals surface area contributed by atoms with Crippen molar-refractivity contribution in [3.05, 3.63) is 36.7 Å². The number of aliphatic imine (C=N–C) groups is 2. The van der Waals surface area contributed by atoms with Crippen molar-refractivity contribution < 1.29 is 0 Å². The molecule has 0 amide bonds. The lowest BCUT2D eigenvalue weighted by molar-refractivity contribution is 1.39. The maximum atomic E-state index is 4.14. The maximum Gasteiger partial charge on any atom is 0.0454 e. The molecular weight excluding hydrogens is 136 g/mol. The number of allylic oxidation sites excluding steroid dienone is 4. The Morgan fingerprint density at radius 2 is 2.27 bits per heavy atom. The fourth-order valence-corrected chi connectivity index (χ4v) is 0.774. The molecule has 0 aromatic carbocycles. The summed E-state index contributed by atoms with van der Waals surface area (Å²) in [6.45, 7) is 3.31. The van der Waals surface area contributed by atoms with Crippen LogP contribution >= 0.6 is 0 Å². The van der Waals surface area contributed by atoms with Crippen molar-refractivity contribution in [1.29, 1.82) is 0 Å². The van der Waals surface area contributed by atoms with E-state index in [0.29, 0.717) is 0 Å². The van der Waals surface area contributed by atoms with E-state index in [1.54, 1.807) is 12.4 Å². The van der Waals surface area contributed by atoms with E-state index in [1.807, 2.05) is 18.2 Å². The van der Waals surface area contributed by atoms with Crippen LogP contribution in [0.5, 0.6) is 0 Å². The van der Waals surface area contributed by atoms with E-state index in [0.717, 1.165) is 12.1 Å². The molecule has 0 atom stereocenters. The summed E-state index contributed by atoms with van der Waals surface area (Å²) in [7, 11) is 0. The van der Waals surface area contributed by atoms with Gasteiger partial charge in [-0.15, -0.1) is 0 Å². The third kappa shape index (κ3) is 2.76. The van der Waals surface area contributed by atoms with Gasteiger partial charge in [-0.1, -0.05) is 18.2 Å². The molecule has 1 aliphatic rings. The van der Waals surface area contributed by atoms with Gasteiger partial charge in [0.2, 0.25) is 0 Å². The van der Waals surface area contributed by atoms with E-state index < -0.39 is 0 Å². The SMILES string of the molecule is C=N/C=C\N=C1C=CC=CC1. The molecule has 0 aromatic rings. The van der Waals surface area contributed by atoms with E-state index in [2.05, 4.69) is 22.8 Å².